The third kappa shape index (κ3) is 3.92. The van der Waals surface area contributed by atoms with Crippen LogP contribution in [0.1, 0.15) is 47.2 Å². The highest BCUT2D eigenvalue weighted by Gasteiger charge is 2.17. The van der Waals surface area contributed by atoms with E-state index in [-0.39, 0.29) is 11.9 Å². The molecule has 1 N–H and O–H groups in total. The minimum Gasteiger partial charge on any atom is -0.306 e. The molecule has 0 aliphatic rings. The van der Waals surface area contributed by atoms with E-state index in [0.717, 1.165) is 29.7 Å². The van der Waals surface area contributed by atoms with Gasteiger partial charge in [0.15, 0.2) is 0 Å². The number of nitrogens with one attached hydrogen (secondary N) is 1. The fraction of sp³-hybridized carbons (Fsp3) is 0.368. The van der Waals surface area contributed by atoms with Crippen molar-refractivity contribution in [3.05, 3.63) is 70.0 Å². The van der Waals surface area contributed by atoms with Crippen molar-refractivity contribution < 1.29 is 4.39 Å². The van der Waals surface area contributed by atoms with Crippen molar-refractivity contribution in [3.8, 4) is 0 Å². The molecular weight excluding hydrogens is 261 g/mol. The molecular formula is C19H24FN. The van der Waals surface area contributed by atoms with E-state index in [9.17, 15) is 4.39 Å². The van der Waals surface area contributed by atoms with Gasteiger partial charge in [-0.3, -0.25) is 0 Å². The highest BCUT2D eigenvalue weighted by atomic mass is 19.1. The molecule has 21 heavy (non-hydrogen) atoms. The Morgan fingerprint density at radius 1 is 0.952 bits per heavy atom. The molecule has 2 heteroatoms. The molecule has 2 aromatic carbocycles. The van der Waals surface area contributed by atoms with E-state index in [2.05, 4.69) is 44.3 Å². The van der Waals surface area contributed by atoms with Gasteiger partial charge in [-0.25, -0.2) is 4.39 Å². The summed E-state index contributed by atoms with van der Waals surface area (Å²) in [5.74, 6) is -0.136. The van der Waals surface area contributed by atoms with Crippen molar-refractivity contribution in [2.75, 3.05) is 6.54 Å². The van der Waals surface area contributed by atoms with E-state index in [0.29, 0.717) is 0 Å². The fourth-order valence-electron chi connectivity index (χ4n) is 2.74. The van der Waals surface area contributed by atoms with Crippen LogP contribution in [0, 0.1) is 26.6 Å². The van der Waals surface area contributed by atoms with Crippen LogP contribution in [-0.2, 0) is 0 Å². The average molecular weight is 285 g/mol. The van der Waals surface area contributed by atoms with Gasteiger partial charge in [-0.15, -0.1) is 0 Å². The molecule has 0 fully saturated rings. The predicted octanol–water partition coefficient (Wildman–Crippen LogP) is 4.84. The van der Waals surface area contributed by atoms with E-state index >= 15 is 0 Å². The Morgan fingerprint density at radius 2 is 1.62 bits per heavy atom. The van der Waals surface area contributed by atoms with Crippen molar-refractivity contribution in [2.24, 2.45) is 0 Å². The van der Waals surface area contributed by atoms with Crippen molar-refractivity contribution in [2.45, 2.75) is 40.2 Å². The lowest BCUT2D eigenvalue weighted by atomic mass is 9.94. The normalized spacial score (nSPS) is 12.4. The summed E-state index contributed by atoms with van der Waals surface area (Å²) < 4.78 is 14.4. The largest absolute Gasteiger partial charge is 0.306 e. The molecule has 0 bridgehead atoms. The molecule has 0 saturated heterocycles. The van der Waals surface area contributed by atoms with Crippen LogP contribution in [0.5, 0.6) is 0 Å². The van der Waals surface area contributed by atoms with Crippen LogP contribution < -0.4 is 5.32 Å². The third-order valence-electron chi connectivity index (χ3n) is 3.64. The summed E-state index contributed by atoms with van der Waals surface area (Å²) in [4.78, 5) is 0. The first kappa shape index (κ1) is 15.7. The molecule has 1 atom stereocenters. The van der Waals surface area contributed by atoms with Crippen molar-refractivity contribution >= 4 is 0 Å². The molecule has 0 radical (unpaired) electrons. The maximum absolute atomic E-state index is 14.4. The number of benzene rings is 2. The first-order valence-corrected chi connectivity index (χ1v) is 7.59. The lowest BCUT2D eigenvalue weighted by Gasteiger charge is -2.21. The Bertz CT molecular complexity index is 599. The standard InChI is InChI=1S/C19H24FN/c1-5-8-21-19(16-10-14(3)9-15(4)11-16)17-7-6-13(2)12-18(17)20/h6-7,9-12,19,21H,5,8H2,1-4H3. The Morgan fingerprint density at radius 3 is 2.19 bits per heavy atom. The number of halogens is 1. The summed E-state index contributed by atoms with van der Waals surface area (Å²) in [5, 5.41) is 3.48. The lowest BCUT2D eigenvalue weighted by molar-refractivity contribution is 0.546. The van der Waals surface area contributed by atoms with Crippen LogP contribution in [0.2, 0.25) is 0 Å². The van der Waals surface area contributed by atoms with Gasteiger partial charge in [-0.05, 0) is 50.9 Å². The maximum atomic E-state index is 14.4. The van der Waals surface area contributed by atoms with Gasteiger partial charge >= 0.3 is 0 Å². The lowest BCUT2D eigenvalue weighted by Crippen LogP contribution is -2.24. The summed E-state index contributed by atoms with van der Waals surface area (Å²) in [6.07, 6.45) is 1.02. The molecule has 0 spiro atoms. The van der Waals surface area contributed by atoms with Crippen LogP contribution in [0.25, 0.3) is 0 Å². The monoisotopic (exact) mass is 285 g/mol. The molecule has 1 unspecified atom stereocenters. The quantitative estimate of drug-likeness (QED) is 0.829. The summed E-state index contributed by atoms with van der Waals surface area (Å²) in [6.45, 7) is 9.07. The third-order valence-corrected chi connectivity index (χ3v) is 3.64. The predicted molar refractivity (Wildman–Crippen MR) is 87.2 cm³/mol. The van der Waals surface area contributed by atoms with Gasteiger partial charge in [-0.2, -0.15) is 0 Å². The Kier molecular flexibility index (Phi) is 5.13. The van der Waals surface area contributed by atoms with Crippen LogP contribution in [0.3, 0.4) is 0 Å². The number of rotatable bonds is 5. The van der Waals surface area contributed by atoms with Gasteiger partial charge < -0.3 is 5.32 Å². The van der Waals surface area contributed by atoms with Crippen LogP contribution in [-0.4, -0.2) is 6.54 Å². The molecule has 0 aromatic heterocycles. The average Bonchev–Trinajstić information content (AvgIpc) is 2.40. The molecule has 0 amide bonds. The minimum atomic E-state index is -0.136. The molecule has 0 saturated carbocycles. The minimum absolute atomic E-state index is 0.0934. The molecule has 0 aliphatic carbocycles. The second-order valence-electron chi connectivity index (χ2n) is 5.83. The molecule has 112 valence electrons. The topological polar surface area (TPSA) is 12.0 Å². The van der Waals surface area contributed by atoms with Crippen LogP contribution >= 0.6 is 0 Å². The van der Waals surface area contributed by atoms with E-state index in [1.165, 1.54) is 11.1 Å². The van der Waals surface area contributed by atoms with E-state index in [1.807, 2.05) is 19.1 Å². The first-order chi connectivity index (χ1) is 10.0. The van der Waals surface area contributed by atoms with Crippen molar-refractivity contribution in [3.63, 3.8) is 0 Å². The van der Waals surface area contributed by atoms with Gasteiger partial charge in [0.2, 0.25) is 0 Å². The second-order valence-corrected chi connectivity index (χ2v) is 5.83. The summed E-state index contributed by atoms with van der Waals surface area (Å²) >= 11 is 0. The zero-order chi connectivity index (χ0) is 15.4. The fourth-order valence-corrected chi connectivity index (χ4v) is 2.74. The zero-order valence-corrected chi connectivity index (χ0v) is 13.3. The van der Waals surface area contributed by atoms with Gasteiger partial charge in [0, 0.05) is 5.56 Å². The van der Waals surface area contributed by atoms with Crippen LogP contribution in [0.4, 0.5) is 4.39 Å². The van der Waals surface area contributed by atoms with Gasteiger partial charge in [0.1, 0.15) is 5.82 Å². The van der Waals surface area contributed by atoms with Crippen molar-refractivity contribution in [1.82, 2.24) is 5.32 Å². The summed E-state index contributed by atoms with van der Waals surface area (Å²) in [5.41, 5.74) is 5.22. The second kappa shape index (κ2) is 6.86. The SMILES string of the molecule is CCCNC(c1cc(C)cc(C)c1)c1ccc(C)cc1F. The van der Waals surface area contributed by atoms with E-state index < -0.39 is 0 Å². The number of aryl methyl sites for hydroxylation is 3. The summed E-state index contributed by atoms with van der Waals surface area (Å²) in [7, 11) is 0. The Labute approximate surface area is 127 Å². The highest BCUT2D eigenvalue weighted by Crippen LogP contribution is 2.26. The van der Waals surface area contributed by atoms with E-state index in [1.54, 1.807) is 6.07 Å². The molecule has 0 heterocycles. The van der Waals surface area contributed by atoms with E-state index in [4.69, 9.17) is 0 Å². The number of hydrogen-bond acceptors (Lipinski definition) is 1. The molecule has 2 aromatic rings. The maximum Gasteiger partial charge on any atom is 0.128 e. The van der Waals surface area contributed by atoms with Gasteiger partial charge in [0.25, 0.3) is 0 Å². The zero-order valence-electron chi connectivity index (χ0n) is 13.3. The van der Waals surface area contributed by atoms with Gasteiger partial charge in [0.05, 0.1) is 6.04 Å². The first-order valence-electron chi connectivity index (χ1n) is 7.59. The Balaban J connectivity index is 2.46. The van der Waals surface area contributed by atoms with Gasteiger partial charge in [-0.1, -0.05) is 48.4 Å². The molecule has 1 nitrogen and oxygen atoms in total. The van der Waals surface area contributed by atoms with Crippen LogP contribution in [0.15, 0.2) is 36.4 Å². The highest BCUT2D eigenvalue weighted by molar-refractivity contribution is 5.38. The molecule has 2 rings (SSSR count). The van der Waals surface area contributed by atoms with Crippen molar-refractivity contribution in [1.29, 1.82) is 0 Å². The Hall–Kier alpha value is -1.67. The number of hydrogen-bond donors (Lipinski definition) is 1. The smallest absolute Gasteiger partial charge is 0.128 e. The molecule has 0 aliphatic heterocycles. The summed E-state index contributed by atoms with van der Waals surface area (Å²) in [6, 6.07) is 11.8.